The monoisotopic (exact) mass is 208 g/mol. The predicted octanol–water partition coefficient (Wildman–Crippen LogP) is 3.67. The first kappa shape index (κ1) is 11.2. The SMILES string of the molecule is CC1CC(C)C2CCCC(CC=O)C2C1. The van der Waals surface area contributed by atoms with E-state index in [-0.39, 0.29) is 0 Å². The highest BCUT2D eigenvalue weighted by Crippen LogP contribution is 2.48. The Morgan fingerprint density at radius 1 is 1.13 bits per heavy atom. The largest absolute Gasteiger partial charge is 0.303 e. The van der Waals surface area contributed by atoms with E-state index in [1.165, 1.54) is 32.1 Å². The lowest BCUT2D eigenvalue weighted by Gasteiger charge is -2.46. The van der Waals surface area contributed by atoms with Gasteiger partial charge in [-0.3, -0.25) is 0 Å². The molecular weight excluding hydrogens is 184 g/mol. The van der Waals surface area contributed by atoms with Crippen LogP contribution in [0.15, 0.2) is 0 Å². The van der Waals surface area contributed by atoms with Crippen molar-refractivity contribution < 1.29 is 4.79 Å². The van der Waals surface area contributed by atoms with Crippen LogP contribution >= 0.6 is 0 Å². The second-order valence-corrected chi connectivity index (χ2v) is 5.97. The molecule has 2 aliphatic carbocycles. The third kappa shape index (κ3) is 2.26. The molecule has 0 aromatic carbocycles. The Hall–Kier alpha value is -0.330. The van der Waals surface area contributed by atoms with Crippen LogP contribution in [0.2, 0.25) is 0 Å². The summed E-state index contributed by atoms with van der Waals surface area (Å²) in [6.07, 6.45) is 8.85. The molecule has 2 saturated carbocycles. The Morgan fingerprint density at radius 2 is 1.93 bits per heavy atom. The third-order valence-corrected chi connectivity index (χ3v) is 4.85. The fourth-order valence-corrected chi connectivity index (χ4v) is 4.25. The van der Waals surface area contributed by atoms with Crippen LogP contribution in [0.3, 0.4) is 0 Å². The molecule has 2 aliphatic rings. The number of rotatable bonds is 2. The number of aldehydes is 1. The molecule has 0 spiro atoms. The maximum absolute atomic E-state index is 10.7. The zero-order valence-corrected chi connectivity index (χ0v) is 10.1. The molecule has 5 unspecified atom stereocenters. The Kier molecular flexibility index (Phi) is 3.48. The van der Waals surface area contributed by atoms with E-state index in [0.29, 0.717) is 5.92 Å². The number of carbonyl (C=O) groups is 1. The second-order valence-electron chi connectivity index (χ2n) is 5.97. The van der Waals surface area contributed by atoms with Crippen molar-refractivity contribution in [2.75, 3.05) is 0 Å². The Morgan fingerprint density at radius 3 is 2.67 bits per heavy atom. The second kappa shape index (κ2) is 4.67. The van der Waals surface area contributed by atoms with E-state index in [2.05, 4.69) is 13.8 Å². The zero-order valence-electron chi connectivity index (χ0n) is 10.1. The van der Waals surface area contributed by atoms with Crippen molar-refractivity contribution in [2.45, 2.75) is 52.4 Å². The van der Waals surface area contributed by atoms with Crippen LogP contribution in [0.5, 0.6) is 0 Å². The van der Waals surface area contributed by atoms with Crippen LogP contribution in [-0.4, -0.2) is 6.29 Å². The van der Waals surface area contributed by atoms with Gasteiger partial charge < -0.3 is 4.79 Å². The fraction of sp³-hybridized carbons (Fsp3) is 0.929. The fourth-order valence-electron chi connectivity index (χ4n) is 4.25. The third-order valence-electron chi connectivity index (χ3n) is 4.85. The maximum atomic E-state index is 10.7. The molecule has 1 nitrogen and oxygen atoms in total. The van der Waals surface area contributed by atoms with Gasteiger partial charge in [0.2, 0.25) is 0 Å². The molecule has 0 aromatic rings. The van der Waals surface area contributed by atoms with Crippen molar-refractivity contribution in [1.29, 1.82) is 0 Å². The zero-order chi connectivity index (χ0) is 10.8. The van der Waals surface area contributed by atoms with Crippen molar-refractivity contribution in [1.82, 2.24) is 0 Å². The first-order chi connectivity index (χ1) is 7.22. The number of carbonyl (C=O) groups excluding carboxylic acids is 1. The van der Waals surface area contributed by atoms with Gasteiger partial charge in [-0.25, -0.2) is 0 Å². The van der Waals surface area contributed by atoms with Crippen LogP contribution < -0.4 is 0 Å². The van der Waals surface area contributed by atoms with Gasteiger partial charge in [-0.05, 0) is 55.3 Å². The molecule has 5 atom stereocenters. The van der Waals surface area contributed by atoms with E-state index < -0.39 is 0 Å². The molecule has 1 heteroatoms. The first-order valence-electron chi connectivity index (χ1n) is 6.66. The summed E-state index contributed by atoms with van der Waals surface area (Å²) in [6.45, 7) is 4.82. The first-order valence-corrected chi connectivity index (χ1v) is 6.66. The molecule has 0 amide bonds. The summed E-state index contributed by atoms with van der Waals surface area (Å²) in [5.41, 5.74) is 0. The van der Waals surface area contributed by atoms with Gasteiger partial charge in [0.15, 0.2) is 0 Å². The van der Waals surface area contributed by atoms with Gasteiger partial charge in [0.25, 0.3) is 0 Å². The summed E-state index contributed by atoms with van der Waals surface area (Å²) in [5, 5.41) is 0. The molecular formula is C14H24O. The molecule has 0 N–H and O–H groups in total. The number of hydrogen-bond acceptors (Lipinski definition) is 1. The molecule has 15 heavy (non-hydrogen) atoms. The molecule has 0 saturated heterocycles. The van der Waals surface area contributed by atoms with E-state index >= 15 is 0 Å². The van der Waals surface area contributed by atoms with Gasteiger partial charge in [0.1, 0.15) is 6.29 Å². The highest BCUT2D eigenvalue weighted by Gasteiger charge is 2.39. The van der Waals surface area contributed by atoms with Gasteiger partial charge in [0, 0.05) is 6.42 Å². The van der Waals surface area contributed by atoms with Crippen molar-refractivity contribution >= 4 is 6.29 Å². The van der Waals surface area contributed by atoms with Crippen LogP contribution in [0.4, 0.5) is 0 Å². The lowest BCUT2D eigenvalue weighted by atomic mass is 9.59. The topological polar surface area (TPSA) is 17.1 Å². The van der Waals surface area contributed by atoms with Crippen LogP contribution in [-0.2, 0) is 4.79 Å². The minimum Gasteiger partial charge on any atom is -0.303 e. The summed E-state index contributed by atoms with van der Waals surface area (Å²) in [7, 11) is 0. The number of fused-ring (bicyclic) bond motifs is 1. The highest BCUT2D eigenvalue weighted by atomic mass is 16.1. The van der Waals surface area contributed by atoms with Gasteiger partial charge in [-0.2, -0.15) is 0 Å². The standard InChI is InChI=1S/C14H24O/c1-10-8-11(2)13-5-3-4-12(6-7-15)14(13)9-10/h7,10-14H,3-6,8-9H2,1-2H3. The molecule has 0 bridgehead atoms. The van der Waals surface area contributed by atoms with E-state index in [1.807, 2.05) is 0 Å². The van der Waals surface area contributed by atoms with Crippen molar-refractivity contribution in [3.05, 3.63) is 0 Å². The van der Waals surface area contributed by atoms with Crippen LogP contribution in [0.25, 0.3) is 0 Å². The van der Waals surface area contributed by atoms with Crippen molar-refractivity contribution in [3.63, 3.8) is 0 Å². The lowest BCUT2D eigenvalue weighted by molar-refractivity contribution is -0.110. The van der Waals surface area contributed by atoms with Crippen LogP contribution in [0.1, 0.15) is 52.4 Å². The van der Waals surface area contributed by atoms with E-state index in [9.17, 15) is 4.79 Å². The quantitative estimate of drug-likeness (QED) is 0.633. The minimum absolute atomic E-state index is 0.714. The molecule has 2 fully saturated rings. The van der Waals surface area contributed by atoms with Gasteiger partial charge in [-0.15, -0.1) is 0 Å². The average Bonchev–Trinajstić information content (AvgIpc) is 2.19. The van der Waals surface area contributed by atoms with E-state index in [0.717, 1.165) is 36.4 Å². The summed E-state index contributed by atoms with van der Waals surface area (Å²) >= 11 is 0. The summed E-state index contributed by atoms with van der Waals surface area (Å²) in [6, 6.07) is 0. The smallest absolute Gasteiger partial charge is 0.120 e. The Balaban J connectivity index is 2.07. The predicted molar refractivity (Wildman–Crippen MR) is 62.6 cm³/mol. The van der Waals surface area contributed by atoms with Gasteiger partial charge in [-0.1, -0.05) is 20.3 Å². The molecule has 0 radical (unpaired) electrons. The molecule has 0 aliphatic heterocycles. The van der Waals surface area contributed by atoms with Gasteiger partial charge >= 0.3 is 0 Å². The van der Waals surface area contributed by atoms with Gasteiger partial charge in [0.05, 0.1) is 0 Å². The normalized spacial score (nSPS) is 45.9. The molecule has 0 heterocycles. The average molecular weight is 208 g/mol. The van der Waals surface area contributed by atoms with Crippen molar-refractivity contribution in [2.24, 2.45) is 29.6 Å². The highest BCUT2D eigenvalue weighted by molar-refractivity contribution is 5.49. The van der Waals surface area contributed by atoms with E-state index in [1.54, 1.807) is 0 Å². The lowest BCUT2D eigenvalue weighted by Crippen LogP contribution is -2.38. The Labute approximate surface area is 93.6 Å². The molecule has 86 valence electrons. The Bertz CT molecular complexity index is 223. The molecule has 2 rings (SSSR count). The van der Waals surface area contributed by atoms with Crippen LogP contribution in [0, 0.1) is 29.6 Å². The molecule has 0 aromatic heterocycles. The minimum atomic E-state index is 0.714. The number of hydrogen-bond donors (Lipinski definition) is 0. The van der Waals surface area contributed by atoms with Crippen molar-refractivity contribution in [3.8, 4) is 0 Å². The maximum Gasteiger partial charge on any atom is 0.120 e. The summed E-state index contributed by atoms with van der Waals surface area (Å²) < 4.78 is 0. The van der Waals surface area contributed by atoms with E-state index in [4.69, 9.17) is 0 Å². The summed E-state index contributed by atoms with van der Waals surface area (Å²) in [5.74, 6) is 4.29. The summed E-state index contributed by atoms with van der Waals surface area (Å²) in [4.78, 5) is 10.7.